The second-order valence-corrected chi connectivity index (χ2v) is 6.39. The molecule has 0 aromatic heterocycles. The molecule has 1 aliphatic rings. The molecule has 1 unspecified atom stereocenters. The molecule has 1 N–H and O–H groups in total. The topological polar surface area (TPSA) is 12.0 Å². The van der Waals surface area contributed by atoms with Gasteiger partial charge in [-0.3, -0.25) is 0 Å². The van der Waals surface area contributed by atoms with Crippen LogP contribution in [0.1, 0.15) is 25.3 Å². The minimum Gasteiger partial charge on any atom is -0.314 e. The summed E-state index contributed by atoms with van der Waals surface area (Å²) in [4.78, 5) is 0. The van der Waals surface area contributed by atoms with Crippen molar-refractivity contribution in [2.24, 2.45) is 5.92 Å². The van der Waals surface area contributed by atoms with E-state index in [1.807, 2.05) is 12.1 Å². The van der Waals surface area contributed by atoms with Gasteiger partial charge in [0.15, 0.2) is 0 Å². The minimum absolute atomic E-state index is 0.0831. The summed E-state index contributed by atoms with van der Waals surface area (Å²) in [5.74, 6) is 3.33. The maximum atomic E-state index is 13.5. The van der Waals surface area contributed by atoms with Crippen LogP contribution >= 0.6 is 11.8 Å². The van der Waals surface area contributed by atoms with Crippen molar-refractivity contribution >= 4 is 11.8 Å². The Hall–Kier alpha value is -0.540. The van der Waals surface area contributed by atoms with Crippen molar-refractivity contribution < 1.29 is 4.39 Å². The molecule has 0 amide bonds. The summed E-state index contributed by atoms with van der Waals surface area (Å²) in [7, 11) is 0. The Kier molecular flexibility index (Phi) is 5.51. The summed E-state index contributed by atoms with van der Waals surface area (Å²) in [5, 5.41) is 3.55. The van der Waals surface area contributed by atoms with Gasteiger partial charge in [-0.1, -0.05) is 18.2 Å². The van der Waals surface area contributed by atoms with Gasteiger partial charge in [-0.25, -0.2) is 4.39 Å². The standard InChI is InChI=1S/C15H22FNS/c1-12(10-14-4-2-3-5-15(14)16)17-11-13-6-8-18-9-7-13/h2-5,12-13,17H,6-11H2,1H3. The smallest absolute Gasteiger partial charge is 0.126 e. The zero-order valence-corrected chi connectivity index (χ0v) is 11.8. The van der Waals surface area contributed by atoms with Crippen LogP contribution in [0.5, 0.6) is 0 Å². The molecule has 0 radical (unpaired) electrons. The van der Waals surface area contributed by atoms with Crippen LogP contribution in [0.2, 0.25) is 0 Å². The molecule has 1 atom stereocenters. The average Bonchev–Trinajstić information content (AvgIpc) is 2.40. The quantitative estimate of drug-likeness (QED) is 0.876. The first kappa shape index (κ1) is 13.9. The summed E-state index contributed by atoms with van der Waals surface area (Å²) in [5.41, 5.74) is 0.816. The van der Waals surface area contributed by atoms with Crippen molar-refractivity contribution in [3.63, 3.8) is 0 Å². The molecule has 3 heteroatoms. The summed E-state index contributed by atoms with van der Waals surface area (Å²) in [6.07, 6.45) is 3.42. The fourth-order valence-corrected chi connectivity index (χ4v) is 3.59. The average molecular weight is 267 g/mol. The third kappa shape index (κ3) is 4.29. The van der Waals surface area contributed by atoms with Gasteiger partial charge in [0.25, 0.3) is 0 Å². The summed E-state index contributed by atoms with van der Waals surface area (Å²) in [6, 6.07) is 7.42. The molecule has 1 heterocycles. The first-order chi connectivity index (χ1) is 8.75. The highest BCUT2D eigenvalue weighted by molar-refractivity contribution is 7.99. The third-order valence-electron chi connectivity index (χ3n) is 3.58. The van der Waals surface area contributed by atoms with Crippen LogP contribution in [0.3, 0.4) is 0 Å². The Bertz CT molecular complexity index is 363. The van der Waals surface area contributed by atoms with Crippen molar-refractivity contribution in [3.05, 3.63) is 35.6 Å². The van der Waals surface area contributed by atoms with Crippen molar-refractivity contribution in [1.82, 2.24) is 5.32 Å². The van der Waals surface area contributed by atoms with Gasteiger partial charge in [0.1, 0.15) is 5.82 Å². The van der Waals surface area contributed by atoms with Crippen LogP contribution in [0, 0.1) is 11.7 Å². The van der Waals surface area contributed by atoms with Crippen LogP contribution in [-0.2, 0) is 6.42 Å². The molecule has 0 aliphatic carbocycles. The Morgan fingerprint density at radius 2 is 2.06 bits per heavy atom. The molecular formula is C15H22FNS. The van der Waals surface area contributed by atoms with Gasteiger partial charge in [0.2, 0.25) is 0 Å². The van der Waals surface area contributed by atoms with Gasteiger partial charge in [-0.2, -0.15) is 11.8 Å². The lowest BCUT2D eigenvalue weighted by molar-refractivity contribution is 0.413. The molecule has 1 fully saturated rings. The predicted molar refractivity (Wildman–Crippen MR) is 77.6 cm³/mol. The maximum absolute atomic E-state index is 13.5. The molecular weight excluding hydrogens is 245 g/mol. The van der Waals surface area contributed by atoms with E-state index in [1.54, 1.807) is 12.1 Å². The van der Waals surface area contributed by atoms with E-state index in [4.69, 9.17) is 0 Å². The van der Waals surface area contributed by atoms with E-state index in [-0.39, 0.29) is 5.82 Å². The van der Waals surface area contributed by atoms with E-state index in [2.05, 4.69) is 24.0 Å². The highest BCUT2D eigenvalue weighted by Crippen LogP contribution is 2.22. The van der Waals surface area contributed by atoms with Gasteiger partial charge in [0.05, 0.1) is 0 Å². The number of nitrogens with one attached hydrogen (secondary N) is 1. The van der Waals surface area contributed by atoms with Crippen molar-refractivity contribution in [2.45, 2.75) is 32.2 Å². The maximum Gasteiger partial charge on any atom is 0.126 e. The van der Waals surface area contributed by atoms with Crippen LogP contribution < -0.4 is 5.32 Å². The molecule has 100 valence electrons. The second-order valence-electron chi connectivity index (χ2n) is 5.16. The number of halogens is 1. The van der Waals surface area contributed by atoms with Crippen LogP contribution in [0.4, 0.5) is 4.39 Å². The first-order valence-electron chi connectivity index (χ1n) is 6.80. The Morgan fingerprint density at radius 1 is 1.33 bits per heavy atom. The summed E-state index contributed by atoms with van der Waals surface area (Å²) >= 11 is 2.06. The SMILES string of the molecule is CC(Cc1ccccc1F)NCC1CCSCC1. The minimum atomic E-state index is -0.0831. The van der Waals surface area contributed by atoms with E-state index in [0.29, 0.717) is 6.04 Å². The van der Waals surface area contributed by atoms with Gasteiger partial charge >= 0.3 is 0 Å². The third-order valence-corrected chi connectivity index (χ3v) is 4.63. The Labute approximate surface area is 114 Å². The van der Waals surface area contributed by atoms with Gasteiger partial charge in [-0.05, 0) is 61.8 Å². The summed E-state index contributed by atoms with van der Waals surface area (Å²) in [6.45, 7) is 3.22. The number of hydrogen-bond acceptors (Lipinski definition) is 2. The zero-order valence-electron chi connectivity index (χ0n) is 11.0. The van der Waals surface area contributed by atoms with E-state index < -0.39 is 0 Å². The number of rotatable bonds is 5. The molecule has 0 spiro atoms. The van der Waals surface area contributed by atoms with Crippen molar-refractivity contribution in [1.29, 1.82) is 0 Å². The van der Waals surface area contributed by atoms with Crippen LogP contribution in [0.15, 0.2) is 24.3 Å². The van der Waals surface area contributed by atoms with Crippen molar-refractivity contribution in [2.75, 3.05) is 18.1 Å². The zero-order chi connectivity index (χ0) is 12.8. The fourth-order valence-electron chi connectivity index (χ4n) is 2.38. The van der Waals surface area contributed by atoms with Crippen LogP contribution in [-0.4, -0.2) is 24.1 Å². The Balaban J connectivity index is 1.74. The first-order valence-corrected chi connectivity index (χ1v) is 7.95. The van der Waals surface area contributed by atoms with Crippen LogP contribution in [0.25, 0.3) is 0 Å². The molecule has 2 rings (SSSR count). The molecule has 1 aromatic carbocycles. The molecule has 1 aliphatic heterocycles. The molecule has 0 bridgehead atoms. The highest BCUT2D eigenvalue weighted by Gasteiger charge is 2.14. The molecule has 18 heavy (non-hydrogen) atoms. The Morgan fingerprint density at radius 3 is 2.78 bits per heavy atom. The van der Waals surface area contributed by atoms with E-state index >= 15 is 0 Å². The van der Waals surface area contributed by atoms with E-state index in [9.17, 15) is 4.39 Å². The largest absolute Gasteiger partial charge is 0.314 e. The predicted octanol–water partition coefficient (Wildman–Crippen LogP) is 3.49. The number of hydrogen-bond donors (Lipinski definition) is 1. The molecule has 1 nitrogen and oxygen atoms in total. The monoisotopic (exact) mass is 267 g/mol. The second kappa shape index (κ2) is 7.15. The lowest BCUT2D eigenvalue weighted by Crippen LogP contribution is -2.34. The highest BCUT2D eigenvalue weighted by atomic mass is 32.2. The van der Waals surface area contributed by atoms with E-state index in [0.717, 1.165) is 24.4 Å². The molecule has 0 saturated carbocycles. The van der Waals surface area contributed by atoms with Gasteiger partial charge in [0, 0.05) is 6.04 Å². The van der Waals surface area contributed by atoms with Crippen molar-refractivity contribution in [3.8, 4) is 0 Å². The number of thioether (sulfide) groups is 1. The normalized spacial score (nSPS) is 18.8. The number of benzene rings is 1. The lowest BCUT2D eigenvalue weighted by Gasteiger charge is -2.24. The lowest BCUT2D eigenvalue weighted by atomic mass is 10.0. The fraction of sp³-hybridized carbons (Fsp3) is 0.600. The summed E-state index contributed by atoms with van der Waals surface area (Å²) < 4.78 is 13.5. The van der Waals surface area contributed by atoms with Gasteiger partial charge < -0.3 is 5.32 Å². The van der Waals surface area contributed by atoms with E-state index in [1.165, 1.54) is 24.3 Å². The molecule has 1 saturated heterocycles. The molecule has 1 aromatic rings. The van der Waals surface area contributed by atoms with Gasteiger partial charge in [-0.15, -0.1) is 0 Å².